The minimum absolute atomic E-state index is 0.144. The largest absolute Gasteiger partial charge is 0.320 e. The highest BCUT2D eigenvalue weighted by Gasteiger charge is 2.36. The Hall–Kier alpha value is -5.51. The van der Waals surface area contributed by atoms with Crippen molar-refractivity contribution in [1.82, 2.24) is 4.57 Å². The summed E-state index contributed by atoms with van der Waals surface area (Å²) in [6.07, 6.45) is 7.79. The topological polar surface area (TPSA) is 17.3 Å². The first-order valence-corrected chi connectivity index (χ1v) is 18.8. The van der Waals surface area contributed by atoms with Crippen molar-refractivity contribution in [3.8, 4) is 22.3 Å². The predicted octanol–water partition coefficient (Wildman–Crippen LogP) is 13.2. The van der Waals surface area contributed by atoms with Crippen molar-refractivity contribution in [3.05, 3.63) is 162 Å². The smallest absolute Gasteiger partial charge is 0.114 e. The number of hydrogen-bond donors (Lipinski definition) is 0. The summed E-state index contributed by atoms with van der Waals surface area (Å²) < 4.78 is 5.11. The lowest BCUT2D eigenvalue weighted by Gasteiger charge is -2.22. The Labute approximate surface area is 302 Å². The highest BCUT2D eigenvalue weighted by atomic mass is 32.1. The van der Waals surface area contributed by atoms with E-state index >= 15 is 0 Å². The number of hydrogen-bond acceptors (Lipinski definition) is 2. The molecule has 1 atom stereocenters. The van der Waals surface area contributed by atoms with E-state index in [4.69, 9.17) is 4.99 Å². The number of fused-ring (bicyclic) bond motifs is 9. The van der Waals surface area contributed by atoms with Gasteiger partial charge >= 0.3 is 0 Å². The van der Waals surface area contributed by atoms with E-state index < -0.39 is 0 Å². The van der Waals surface area contributed by atoms with Crippen molar-refractivity contribution in [1.29, 1.82) is 0 Å². The van der Waals surface area contributed by atoms with Gasteiger partial charge in [0.15, 0.2) is 0 Å². The maximum absolute atomic E-state index is 5.08. The van der Waals surface area contributed by atoms with Crippen LogP contribution >= 0.6 is 11.3 Å². The third kappa shape index (κ3) is 4.79. The molecule has 246 valence electrons. The van der Waals surface area contributed by atoms with Gasteiger partial charge in [-0.3, -0.25) is 4.99 Å². The Morgan fingerprint density at radius 1 is 0.686 bits per heavy atom. The van der Waals surface area contributed by atoms with Crippen molar-refractivity contribution >= 4 is 65.1 Å². The van der Waals surface area contributed by atoms with Crippen LogP contribution in [0.25, 0.3) is 69.8 Å². The Kier molecular flexibility index (Phi) is 6.85. The lowest BCUT2D eigenvalue weighted by Crippen LogP contribution is -2.15. The van der Waals surface area contributed by atoms with Gasteiger partial charge in [0, 0.05) is 42.6 Å². The fourth-order valence-electron chi connectivity index (χ4n) is 8.77. The molecule has 1 unspecified atom stereocenters. The number of rotatable bonds is 5. The van der Waals surface area contributed by atoms with Gasteiger partial charge < -0.3 is 4.57 Å². The molecule has 0 fully saturated rings. The monoisotopic (exact) mass is 674 g/mol. The normalized spacial score (nSPS) is 16.6. The first kappa shape index (κ1) is 30.3. The molecule has 3 heteroatoms. The maximum Gasteiger partial charge on any atom is 0.114 e. The molecule has 0 radical (unpaired) electrons. The van der Waals surface area contributed by atoms with Crippen LogP contribution in [0.3, 0.4) is 0 Å². The molecule has 10 rings (SSSR count). The number of aliphatic imine (C=N–C) groups is 1. The van der Waals surface area contributed by atoms with Gasteiger partial charge in [-0.15, -0.1) is 11.3 Å². The Morgan fingerprint density at radius 2 is 1.45 bits per heavy atom. The first-order valence-electron chi connectivity index (χ1n) is 18.0. The lowest BCUT2D eigenvalue weighted by atomic mass is 9.81. The summed E-state index contributed by atoms with van der Waals surface area (Å²) in [7, 11) is 0. The molecular weight excluding hydrogens is 637 g/mol. The molecule has 2 heterocycles. The van der Waals surface area contributed by atoms with Gasteiger partial charge in [0.1, 0.15) is 6.67 Å². The second-order valence-corrected chi connectivity index (χ2v) is 15.9. The van der Waals surface area contributed by atoms with Crippen molar-refractivity contribution in [2.24, 2.45) is 10.9 Å². The third-order valence-electron chi connectivity index (χ3n) is 11.3. The third-order valence-corrected chi connectivity index (χ3v) is 12.5. The zero-order valence-electron chi connectivity index (χ0n) is 29.2. The fourth-order valence-corrected chi connectivity index (χ4v) is 10.0. The van der Waals surface area contributed by atoms with Crippen molar-refractivity contribution in [2.75, 3.05) is 0 Å². The molecule has 2 aliphatic rings. The van der Waals surface area contributed by atoms with Crippen LogP contribution in [0.2, 0.25) is 0 Å². The van der Waals surface area contributed by atoms with E-state index in [2.05, 4.69) is 171 Å². The molecule has 2 aromatic heterocycles. The summed E-state index contributed by atoms with van der Waals surface area (Å²) in [4.78, 5) is 5.08. The van der Waals surface area contributed by atoms with Crippen LogP contribution in [0.5, 0.6) is 0 Å². The molecule has 0 amide bonds. The number of para-hydroxylation sites is 1. The Balaban J connectivity index is 1.05. The quantitative estimate of drug-likeness (QED) is 0.162. The molecule has 8 aromatic rings. The summed E-state index contributed by atoms with van der Waals surface area (Å²) in [5, 5.41) is 5.26. The molecule has 2 aliphatic carbocycles. The van der Waals surface area contributed by atoms with Crippen molar-refractivity contribution < 1.29 is 0 Å². The molecule has 0 N–H and O–H groups in total. The highest BCUT2D eigenvalue weighted by molar-refractivity contribution is 7.26. The van der Waals surface area contributed by atoms with Gasteiger partial charge in [-0.05, 0) is 98.8 Å². The van der Waals surface area contributed by atoms with Crippen LogP contribution in [0.4, 0.5) is 0 Å². The minimum atomic E-state index is -0.144. The van der Waals surface area contributed by atoms with E-state index in [0.29, 0.717) is 12.6 Å². The molecule has 0 saturated heterocycles. The molecule has 2 nitrogen and oxygen atoms in total. The number of thiophene rings is 1. The van der Waals surface area contributed by atoms with Crippen LogP contribution in [0.15, 0.2) is 150 Å². The van der Waals surface area contributed by atoms with Gasteiger partial charge in [0.2, 0.25) is 0 Å². The van der Waals surface area contributed by atoms with E-state index in [1.165, 1.54) is 92.1 Å². The van der Waals surface area contributed by atoms with Crippen LogP contribution < -0.4 is 0 Å². The average molecular weight is 675 g/mol. The summed E-state index contributed by atoms with van der Waals surface area (Å²) >= 11 is 1.90. The number of benzene rings is 6. The van der Waals surface area contributed by atoms with E-state index in [0.717, 1.165) is 6.42 Å². The number of allylic oxidation sites excluding steroid dienone is 4. The zero-order chi connectivity index (χ0) is 34.3. The molecule has 0 aliphatic heterocycles. The van der Waals surface area contributed by atoms with Gasteiger partial charge in [-0.2, -0.15) is 0 Å². The second-order valence-electron chi connectivity index (χ2n) is 14.9. The predicted molar refractivity (Wildman–Crippen MR) is 220 cm³/mol. The standard InChI is InChI=1S/C48H38N2S/c1-30-22-31(24-34(23-30)32-12-5-4-6-13-32)28-49-29-50-44-18-9-7-14-37(44)41-26-40-36-21-20-33(25-42(36)48(2,3)43(40)27-45(41)50)35-16-11-17-39-38-15-8-10-19-46(38)51-47(35)39/h4-22,24-28,30H,23,29H2,1-3H3. The fraction of sp³-hybridized carbons (Fsp3) is 0.146. The summed E-state index contributed by atoms with van der Waals surface area (Å²) in [5.41, 5.74) is 14.3. The molecular formula is C48H38N2S. The number of aromatic nitrogens is 1. The zero-order valence-corrected chi connectivity index (χ0v) is 30.0. The van der Waals surface area contributed by atoms with E-state index in [1.807, 2.05) is 11.3 Å². The van der Waals surface area contributed by atoms with Crippen molar-refractivity contribution in [3.63, 3.8) is 0 Å². The van der Waals surface area contributed by atoms with E-state index in [9.17, 15) is 0 Å². The molecule has 0 bridgehead atoms. The summed E-state index contributed by atoms with van der Waals surface area (Å²) in [5.74, 6) is 0.477. The minimum Gasteiger partial charge on any atom is -0.320 e. The van der Waals surface area contributed by atoms with Crippen LogP contribution in [-0.4, -0.2) is 10.8 Å². The lowest BCUT2D eigenvalue weighted by molar-refractivity contribution is 0.660. The Bertz CT molecular complexity index is 2790. The average Bonchev–Trinajstić information content (AvgIpc) is 3.76. The first-order chi connectivity index (χ1) is 24.9. The van der Waals surface area contributed by atoms with Crippen molar-refractivity contribution in [2.45, 2.75) is 39.3 Å². The molecule has 0 spiro atoms. The summed E-state index contributed by atoms with van der Waals surface area (Å²) in [6.45, 7) is 7.65. The summed E-state index contributed by atoms with van der Waals surface area (Å²) in [6, 6.07) is 47.2. The van der Waals surface area contributed by atoms with Crippen LogP contribution in [0.1, 0.15) is 43.9 Å². The number of nitrogens with zero attached hydrogens (tertiary/aromatic N) is 2. The van der Waals surface area contributed by atoms with E-state index in [1.54, 1.807) is 0 Å². The van der Waals surface area contributed by atoms with Crippen LogP contribution in [0, 0.1) is 5.92 Å². The van der Waals surface area contributed by atoms with Gasteiger partial charge in [0.05, 0.1) is 11.0 Å². The molecule has 51 heavy (non-hydrogen) atoms. The second kappa shape index (κ2) is 11.5. The molecule has 0 saturated carbocycles. The van der Waals surface area contributed by atoms with Gasteiger partial charge in [-0.25, -0.2) is 0 Å². The van der Waals surface area contributed by atoms with Gasteiger partial charge in [0.25, 0.3) is 0 Å². The van der Waals surface area contributed by atoms with Gasteiger partial charge in [-0.1, -0.05) is 124 Å². The molecule has 6 aromatic carbocycles. The SMILES string of the molecule is CC1C=C(C=NCn2c3ccccc3c3cc4c(cc32)C(C)(C)c2cc(-c3cccc5c3sc3ccccc35)ccc2-4)C=C(c2ccccc2)C1. The highest BCUT2D eigenvalue weighted by Crippen LogP contribution is 2.52. The van der Waals surface area contributed by atoms with E-state index in [-0.39, 0.29) is 5.41 Å². The maximum atomic E-state index is 5.08. The Morgan fingerprint density at radius 3 is 2.33 bits per heavy atom. The van der Waals surface area contributed by atoms with Crippen LogP contribution in [-0.2, 0) is 12.1 Å².